The number of Topliss-reactive ketones (excluding diaryl/α,β-unsaturated/α-hetero) is 1. The van der Waals surface area contributed by atoms with E-state index in [1.807, 2.05) is 32.3 Å². The molecule has 4 rings (SSSR count). The van der Waals surface area contributed by atoms with E-state index in [0.29, 0.717) is 27.9 Å². The molecule has 0 spiro atoms. The van der Waals surface area contributed by atoms with Crippen molar-refractivity contribution in [3.8, 4) is 22.6 Å². The first-order chi connectivity index (χ1) is 13.3. The lowest BCUT2D eigenvalue weighted by atomic mass is 10.0. The lowest BCUT2D eigenvalue weighted by molar-refractivity contribution is 0.101. The molecule has 7 heteroatoms. The van der Waals surface area contributed by atoms with E-state index in [1.165, 1.54) is 11.5 Å². The van der Waals surface area contributed by atoms with E-state index in [-0.39, 0.29) is 11.3 Å². The molecule has 0 unspecified atom stereocenters. The molecule has 3 aromatic heterocycles. The van der Waals surface area contributed by atoms with E-state index < -0.39 is 0 Å². The van der Waals surface area contributed by atoms with Gasteiger partial charge in [-0.25, -0.2) is 4.98 Å². The first-order valence-electron chi connectivity index (χ1n) is 8.83. The molecule has 0 fully saturated rings. The molecule has 0 saturated carbocycles. The Bertz CT molecular complexity index is 1280. The molecule has 0 N–H and O–H groups in total. The maximum Gasteiger partial charge on any atom is 0.261 e. The molecule has 0 radical (unpaired) electrons. The van der Waals surface area contributed by atoms with Crippen LogP contribution in [0.5, 0.6) is 0 Å². The van der Waals surface area contributed by atoms with Gasteiger partial charge in [-0.3, -0.25) is 23.8 Å². The van der Waals surface area contributed by atoms with Crippen LogP contribution < -0.4 is 5.56 Å². The van der Waals surface area contributed by atoms with Crippen LogP contribution in [0.25, 0.3) is 33.5 Å². The summed E-state index contributed by atoms with van der Waals surface area (Å²) in [6.07, 6.45) is 5.30. The number of aromatic nitrogens is 5. The standard InChI is InChI=1S/C21H19N5O2/c1-12-7-16(13(2)27)19-17(8-12)21(28)26(4)20(24-19)14-5-6-18(22-9-14)15-10-23-25(3)11-15/h5-11H,1-4H3. The zero-order valence-corrected chi connectivity index (χ0v) is 16.1. The van der Waals surface area contributed by atoms with E-state index in [9.17, 15) is 9.59 Å². The summed E-state index contributed by atoms with van der Waals surface area (Å²) in [6, 6.07) is 7.27. The van der Waals surface area contributed by atoms with E-state index in [4.69, 9.17) is 0 Å². The number of carbonyl (C=O) groups is 1. The number of carbonyl (C=O) groups excluding carboxylic acids is 1. The average molecular weight is 373 g/mol. The summed E-state index contributed by atoms with van der Waals surface area (Å²) in [4.78, 5) is 34.2. The van der Waals surface area contributed by atoms with Crippen molar-refractivity contribution in [2.24, 2.45) is 14.1 Å². The predicted molar refractivity (Wildman–Crippen MR) is 107 cm³/mol. The first-order valence-corrected chi connectivity index (χ1v) is 8.83. The van der Waals surface area contributed by atoms with Gasteiger partial charge in [-0.1, -0.05) is 0 Å². The average Bonchev–Trinajstić information content (AvgIpc) is 3.11. The molecule has 0 atom stereocenters. The third-order valence-corrected chi connectivity index (χ3v) is 4.73. The molecule has 7 nitrogen and oxygen atoms in total. The zero-order valence-electron chi connectivity index (χ0n) is 16.1. The highest BCUT2D eigenvalue weighted by atomic mass is 16.1. The molecular weight excluding hydrogens is 354 g/mol. The maximum absolute atomic E-state index is 12.9. The van der Waals surface area contributed by atoms with Crippen molar-refractivity contribution in [3.63, 3.8) is 0 Å². The number of fused-ring (bicyclic) bond motifs is 1. The van der Waals surface area contributed by atoms with Crippen LogP contribution in [0.4, 0.5) is 0 Å². The summed E-state index contributed by atoms with van der Waals surface area (Å²) >= 11 is 0. The molecule has 4 aromatic rings. The summed E-state index contributed by atoms with van der Waals surface area (Å²) in [7, 11) is 3.52. The van der Waals surface area contributed by atoms with Crippen LogP contribution >= 0.6 is 0 Å². The van der Waals surface area contributed by atoms with Crippen LogP contribution in [-0.4, -0.2) is 30.1 Å². The van der Waals surface area contributed by atoms with Crippen LogP contribution in [0.1, 0.15) is 22.8 Å². The van der Waals surface area contributed by atoms with Gasteiger partial charge in [0.05, 0.1) is 22.8 Å². The number of aryl methyl sites for hydroxylation is 2. The van der Waals surface area contributed by atoms with Crippen molar-refractivity contribution in [2.75, 3.05) is 0 Å². The van der Waals surface area contributed by atoms with Crippen molar-refractivity contribution in [1.29, 1.82) is 0 Å². The Hall–Kier alpha value is -3.61. The fourth-order valence-electron chi connectivity index (χ4n) is 3.30. The summed E-state index contributed by atoms with van der Waals surface area (Å²) in [5, 5.41) is 4.59. The van der Waals surface area contributed by atoms with E-state index in [2.05, 4.69) is 15.1 Å². The Morgan fingerprint density at radius 1 is 1.07 bits per heavy atom. The zero-order chi connectivity index (χ0) is 20.0. The van der Waals surface area contributed by atoms with Gasteiger partial charge in [0, 0.05) is 43.2 Å². The Balaban J connectivity index is 1.90. The number of benzene rings is 1. The van der Waals surface area contributed by atoms with Gasteiger partial charge in [0.15, 0.2) is 5.78 Å². The second-order valence-electron chi connectivity index (χ2n) is 6.90. The Morgan fingerprint density at radius 3 is 2.46 bits per heavy atom. The lowest BCUT2D eigenvalue weighted by Crippen LogP contribution is -2.21. The maximum atomic E-state index is 12.9. The predicted octanol–water partition coefficient (Wildman–Crippen LogP) is 2.91. The first kappa shape index (κ1) is 17.8. The minimum absolute atomic E-state index is 0.120. The van der Waals surface area contributed by atoms with Gasteiger partial charge < -0.3 is 0 Å². The molecule has 28 heavy (non-hydrogen) atoms. The van der Waals surface area contributed by atoms with E-state index >= 15 is 0 Å². The summed E-state index contributed by atoms with van der Waals surface area (Å²) in [6.45, 7) is 3.34. The van der Waals surface area contributed by atoms with Crippen molar-refractivity contribution in [3.05, 3.63) is 64.3 Å². The van der Waals surface area contributed by atoms with Crippen LogP contribution in [0, 0.1) is 6.92 Å². The van der Waals surface area contributed by atoms with Gasteiger partial charge in [0.25, 0.3) is 5.56 Å². The smallest absolute Gasteiger partial charge is 0.261 e. The number of ketones is 1. The minimum atomic E-state index is -0.192. The molecule has 3 heterocycles. The normalized spacial score (nSPS) is 11.1. The number of pyridine rings is 1. The number of nitrogens with zero attached hydrogens (tertiary/aromatic N) is 5. The topological polar surface area (TPSA) is 82.7 Å². The van der Waals surface area contributed by atoms with Gasteiger partial charge in [-0.15, -0.1) is 0 Å². The van der Waals surface area contributed by atoms with E-state index in [1.54, 1.807) is 36.3 Å². The number of hydrogen-bond donors (Lipinski definition) is 0. The highest BCUT2D eigenvalue weighted by Crippen LogP contribution is 2.24. The number of rotatable bonds is 3. The number of hydrogen-bond acceptors (Lipinski definition) is 5. The largest absolute Gasteiger partial charge is 0.295 e. The van der Waals surface area contributed by atoms with Crippen molar-refractivity contribution < 1.29 is 4.79 Å². The van der Waals surface area contributed by atoms with Gasteiger partial charge >= 0.3 is 0 Å². The van der Waals surface area contributed by atoms with Gasteiger partial charge in [-0.2, -0.15) is 5.10 Å². The van der Waals surface area contributed by atoms with Crippen LogP contribution in [-0.2, 0) is 14.1 Å². The van der Waals surface area contributed by atoms with Crippen LogP contribution in [0.15, 0.2) is 47.7 Å². The molecule has 140 valence electrons. The van der Waals surface area contributed by atoms with E-state index in [0.717, 1.165) is 16.8 Å². The lowest BCUT2D eigenvalue weighted by Gasteiger charge is -2.12. The van der Waals surface area contributed by atoms with Crippen molar-refractivity contribution in [2.45, 2.75) is 13.8 Å². The molecule has 0 aliphatic rings. The Morgan fingerprint density at radius 2 is 1.86 bits per heavy atom. The second kappa shape index (κ2) is 6.53. The summed E-state index contributed by atoms with van der Waals surface area (Å²) in [5.41, 5.74) is 3.92. The third-order valence-electron chi connectivity index (χ3n) is 4.73. The summed E-state index contributed by atoms with van der Waals surface area (Å²) in [5.74, 6) is 0.347. The fourth-order valence-corrected chi connectivity index (χ4v) is 3.30. The Kier molecular flexibility index (Phi) is 4.15. The third kappa shape index (κ3) is 2.90. The molecule has 1 aromatic carbocycles. The monoisotopic (exact) mass is 373 g/mol. The van der Waals surface area contributed by atoms with Crippen LogP contribution in [0.3, 0.4) is 0 Å². The van der Waals surface area contributed by atoms with Gasteiger partial charge in [-0.05, 0) is 43.7 Å². The molecule has 0 aliphatic carbocycles. The van der Waals surface area contributed by atoms with Gasteiger partial charge in [0.2, 0.25) is 0 Å². The molecule has 0 amide bonds. The van der Waals surface area contributed by atoms with Crippen molar-refractivity contribution >= 4 is 16.7 Å². The van der Waals surface area contributed by atoms with Crippen LogP contribution in [0.2, 0.25) is 0 Å². The fraction of sp³-hybridized carbons (Fsp3) is 0.190. The molecule has 0 bridgehead atoms. The molecule has 0 saturated heterocycles. The molecular formula is C21H19N5O2. The van der Waals surface area contributed by atoms with Gasteiger partial charge in [0.1, 0.15) is 5.82 Å². The Labute approximate surface area is 161 Å². The summed E-state index contributed by atoms with van der Waals surface area (Å²) < 4.78 is 3.21. The molecule has 0 aliphatic heterocycles. The highest BCUT2D eigenvalue weighted by Gasteiger charge is 2.16. The second-order valence-corrected chi connectivity index (χ2v) is 6.90. The quantitative estimate of drug-likeness (QED) is 0.516. The highest BCUT2D eigenvalue weighted by molar-refractivity contribution is 6.05. The van der Waals surface area contributed by atoms with Crippen molar-refractivity contribution in [1.82, 2.24) is 24.3 Å². The minimum Gasteiger partial charge on any atom is -0.295 e. The SMILES string of the molecule is CC(=O)c1cc(C)cc2c(=O)n(C)c(-c3ccc(-c4cnn(C)c4)nc3)nc12.